The minimum Gasteiger partial charge on any atom is -0.378 e. The number of rotatable bonds is 7. The molecule has 1 atom stereocenters. The fourth-order valence-corrected chi connectivity index (χ4v) is 4.56. The lowest BCUT2D eigenvalue weighted by Gasteiger charge is -2.22. The van der Waals surface area contributed by atoms with Crippen LogP contribution < -0.4 is 0 Å². The molecular weight excluding hydrogens is 288 g/mol. The smallest absolute Gasteiger partial charge is 0.214 e. The Morgan fingerprint density at radius 1 is 1.33 bits per heavy atom. The largest absolute Gasteiger partial charge is 0.378 e. The molecule has 1 aliphatic heterocycles. The number of nitrogens with zero attached hydrogens (tertiary/aromatic N) is 2. The lowest BCUT2D eigenvalue weighted by Crippen LogP contribution is -2.35. The van der Waals surface area contributed by atoms with Crippen LogP contribution >= 0.6 is 0 Å². The Hall–Kier alpha value is -0.980. The van der Waals surface area contributed by atoms with E-state index in [0.29, 0.717) is 13.0 Å². The lowest BCUT2D eigenvalue weighted by atomic mass is 10.2. The average Bonchev–Trinajstić information content (AvgIpc) is 3.18. The Kier molecular flexibility index (Phi) is 4.57. The van der Waals surface area contributed by atoms with Crippen molar-refractivity contribution in [2.24, 2.45) is 0 Å². The highest BCUT2D eigenvalue weighted by atomic mass is 32.2. The maximum atomic E-state index is 12.6. The summed E-state index contributed by atoms with van der Waals surface area (Å²) in [4.78, 5) is 4.07. The van der Waals surface area contributed by atoms with E-state index in [1.165, 1.54) is 0 Å². The zero-order chi connectivity index (χ0) is 14.7. The summed E-state index contributed by atoms with van der Waals surface area (Å²) in [5, 5.41) is 0. The first-order valence-corrected chi connectivity index (χ1v) is 9.26. The first kappa shape index (κ1) is 14.9. The Morgan fingerprint density at radius 3 is 2.81 bits per heavy atom. The maximum absolute atomic E-state index is 12.6. The molecular formula is C15H22N2O3S. The molecule has 0 spiro atoms. The number of aromatic nitrogens is 1. The first-order valence-electron chi connectivity index (χ1n) is 7.65. The van der Waals surface area contributed by atoms with Crippen molar-refractivity contribution in [2.75, 3.05) is 12.4 Å². The van der Waals surface area contributed by atoms with E-state index >= 15 is 0 Å². The molecule has 5 nitrogen and oxygen atoms in total. The van der Waals surface area contributed by atoms with Crippen LogP contribution in [0.5, 0.6) is 0 Å². The van der Waals surface area contributed by atoms with Crippen LogP contribution in [0.1, 0.15) is 37.7 Å². The third-order valence-corrected chi connectivity index (χ3v) is 5.99. The molecule has 0 radical (unpaired) electrons. The molecule has 2 aliphatic rings. The van der Waals surface area contributed by atoms with Crippen LogP contribution in [-0.2, 0) is 21.3 Å². The molecule has 1 aromatic rings. The van der Waals surface area contributed by atoms with Crippen LogP contribution in [0.15, 0.2) is 24.5 Å². The number of hydrogen-bond acceptors (Lipinski definition) is 4. The van der Waals surface area contributed by atoms with Crippen LogP contribution in [0, 0.1) is 0 Å². The van der Waals surface area contributed by atoms with Crippen LogP contribution in [0.3, 0.4) is 0 Å². The van der Waals surface area contributed by atoms with Crippen LogP contribution in [0.4, 0.5) is 0 Å². The molecule has 1 saturated carbocycles. The maximum Gasteiger partial charge on any atom is 0.214 e. The highest BCUT2D eigenvalue weighted by Crippen LogP contribution is 2.31. The van der Waals surface area contributed by atoms with Gasteiger partial charge in [-0.15, -0.1) is 0 Å². The van der Waals surface area contributed by atoms with Gasteiger partial charge in [-0.2, -0.15) is 4.31 Å². The van der Waals surface area contributed by atoms with E-state index in [4.69, 9.17) is 4.74 Å². The Morgan fingerprint density at radius 2 is 2.19 bits per heavy atom. The molecule has 0 bridgehead atoms. The summed E-state index contributed by atoms with van der Waals surface area (Å²) in [6, 6.07) is 3.96. The molecule has 2 heterocycles. The Bertz CT molecular complexity index is 552. The summed E-state index contributed by atoms with van der Waals surface area (Å²) in [5.74, 6) is 0.189. The zero-order valence-corrected chi connectivity index (χ0v) is 13.0. The van der Waals surface area contributed by atoms with Crippen LogP contribution in [-0.4, -0.2) is 42.2 Å². The van der Waals surface area contributed by atoms with Gasteiger partial charge in [0.05, 0.1) is 11.9 Å². The van der Waals surface area contributed by atoms with Gasteiger partial charge in [-0.1, -0.05) is 6.07 Å². The number of hydrogen-bond donors (Lipinski definition) is 0. The van der Waals surface area contributed by atoms with Gasteiger partial charge in [-0.25, -0.2) is 8.42 Å². The third-order valence-electron chi connectivity index (χ3n) is 4.09. The molecule has 0 aromatic carbocycles. The van der Waals surface area contributed by atoms with Gasteiger partial charge in [0.1, 0.15) is 0 Å². The predicted molar refractivity (Wildman–Crippen MR) is 80.2 cm³/mol. The molecule has 3 rings (SSSR count). The van der Waals surface area contributed by atoms with E-state index < -0.39 is 10.0 Å². The summed E-state index contributed by atoms with van der Waals surface area (Å²) in [6.07, 6.45) is 8.16. The van der Waals surface area contributed by atoms with Gasteiger partial charge < -0.3 is 4.74 Å². The average molecular weight is 310 g/mol. The van der Waals surface area contributed by atoms with Gasteiger partial charge in [-0.05, 0) is 43.7 Å². The van der Waals surface area contributed by atoms with Gasteiger partial charge in [0.2, 0.25) is 10.0 Å². The zero-order valence-electron chi connectivity index (χ0n) is 12.1. The second-order valence-electron chi connectivity index (χ2n) is 5.88. The van der Waals surface area contributed by atoms with E-state index in [2.05, 4.69) is 4.98 Å². The van der Waals surface area contributed by atoms with Crippen molar-refractivity contribution in [1.82, 2.24) is 9.29 Å². The normalized spacial score (nSPS) is 22.8. The monoisotopic (exact) mass is 310 g/mol. The minimum atomic E-state index is -3.22. The standard InChI is InChI=1S/C15H22N2O3S/c18-21(19,10-7-15-4-2-9-20-15)17(14-5-6-14)12-13-3-1-8-16-11-13/h1,3,8,11,14-15H,2,4-7,9-10,12H2/t15-/m1/s1. The molecule has 1 aliphatic carbocycles. The second-order valence-corrected chi connectivity index (χ2v) is 7.92. The van der Waals surface area contributed by atoms with Crippen LogP contribution in [0.2, 0.25) is 0 Å². The topological polar surface area (TPSA) is 59.5 Å². The van der Waals surface area contributed by atoms with E-state index in [1.807, 2.05) is 12.1 Å². The van der Waals surface area contributed by atoms with Crippen molar-refractivity contribution >= 4 is 10.0 Å². The summed E-state index contributed by atoms with van der Waals surface area (Å²) in [5.41, 5.74) is 0.949. The lowest BCUT2D eigenvalue weighted by molar-refractivity contribution is 0.108. The van der Waals surface area contributed by atoms with Crippen molar-refractivity contribution < 1.29 is 13.2 Å². The number of pyridine rings is 1. The second kappa shape index (κ2) is 6.42. The SMILES string of the molecule is O=S(=O)(CC[C@H]1CCCO1)N(Cc1cccnc1)C1CC1. The Balaban J connectivity index is 1.64. The van der Waals surface area contributed by atoms with E-state index in [0.717, 1.165) is 37.9 Å². The van der Waals surface area contributed by atoms with Gasteiger partial charge in [0.25, 0.3) is 0 Å². The quantitative estimate of drug-likeness (QED) is 0.772. The molecule has 0 amide bonds. The fraction of sp³-hybridized carbons (Fsp3) is 0.667. The minimum absolute atomic E-state index is 0.124. The molecule has 0 unspecified atom stereocenters. The first-order chi connectivity index (χ1) is 10.1. The highest BCUT2D eigenvalue weighted by Gasteiger charge is 2.37. The molecule has 6 heteroatoms. The van der Waals surface area contributed by atoms with Gasteiger partial charge in [0.15, 0.2) is 0 Å². The highest BCUT2D eigenvalue weighted by molar-refractivity contribution is 7.89. The van der Waals surface area contributed by atoms with Crippen molar-refractivity contribution in [3.05, 3.63) is 30.1 Å². The molecule has 21 heavy (non-hydrogen) atoms. The van der Waals surface area contributed by atoms with E-state index in [9.17, 15) is 8.42 Å². The summed E-state index contributed by atoms with van der Waals surface area (Å²) >= 11 is 0. The van der Waals surface area contributed by atoms with E-state index in [1.54, 1.807) is 16.7 Å². The number of ether oxygens (including phenoxy) is 1. The van der Waals surface area contributed by atoms with Gasteiger partial charge >= 0.3 is 0 Å². The predicted octanol–water partition coefficient (Wildman–Crippen LogP) is 1.94. The third kappa shape index (κ3) is 4.02. The molecule has 1 saturated heterocycles. The number of sulfonamides is 1. The molecule has 0 N–H and O–H groups in total. The van der Waals surface area contributed by atoms with E-state index in [-0.39, 0.29) is 17.9 Å². The summed E-state index contributed by atoms with van der Waals surface area (Å²) in [6.45, 7) is 1.21. The fourth-order valence-electron chi connectivity index (χ4n) is 2.76. The van der Waals surface area contributed by atoms with Crippen molar-refractivity contribution in [2.45, 2.75) is 50.8 Å². The Labute approximate surface area is 126 Å². The molecule has 116 valence electrons. The van der Waals surface area contributed by atoms with Crippen molar-refractivity contribution in [1.29, 1.82) is 0 Å². The van der Waals surface area contributed by atoms with Gasteiger partial charge in [-0.3, -0.25) is 4.98 Å². The molecule has 2 fully saturated rings. The van der Waals surface area contributed by atoms with Crippen LogP contribution in [0.25, 0.3) is 0 Å². The van der Waals surface area contributed by atoms with Gasteiger partial charge in [0, 0.05) is 31.6 Å². The summed E-state index contributed by atoms with van der Waals surface area (Å²) in [7, 11) is -3.22. The summed E-state index contributed by atoms with van der Waals surface area (Å²) < 4.78 is 32.4. The molecule has 1 aromatic heterocycles. The van der Waals surface area contributed by atoms with Crippen molar-refractivity contribution in [3.63, 3.8) is 0 Å². The van der Waals surface area contributed by atoms with Crippen molar-refractivity contribution in [3.8, 4) is 0 Å².